The van der Waals surface area contributed by atoms with Gasteiger partial charge in [-0.25, -0.2) is 9.97 Å². The second-order valence-corrected chi connectivity index (χ2v) is 6.10. The first-order chi connectivity index (χ1) is 13.4. The average Bonchev–Trinajstić information content (AvgIpc) is 2.76. The smallest absolute Gasteiger partial charge is 0.162 e. The first kappa shape index (κ1) is 16.8. The van der Waals surface area contributed by atoms with Gasteiger partial charge in [0.2, 0.25) is 0 Å². The van der Waals surface area contributed by atoms with Gasteiger partial charge in [-0.1, -0.05) is 30.3 Å². The quantitative estimate of drug-likeness (QED) is 0.561. The van der Waals surface area contributed by atoms with Gasteiger partial charge < -0.3 is 5.32 Å². The molecule has 27 heavy (non-hydrogen) atoms. The van der Waals surface area contributed by atoms with Crippen molar-refractivity contribution in [2.45, 2.75) is 6.42 Å². The van der Waals surface area contributed by atoms with Gasteiger partial charge in [0.05, 0.1) is 5.69 Å². The van der Waals surface area contributed by atoms with Gasteiger partial charge in [0.1, 0.15) is 5.82 Å². The molecule has 132 valence electrons. The van der Waals surface area contributed by atoms with E-state index in [1.165, 1.54) is 5.56 Å². The van der Waals surface area contributed by atoms with Gasteiger partial charge in [0, 0.05) is 48.5 Å². The van der Waals surface area contributed by atoms with E-state index in [2.05, 4.69) is 39.6 Å². The Morgan fingerprint density at radius 1 is 0.704 bits per heavy atom. The molecule has 1 N–H and O–H groups in total. The highest BCUT2D eigenvalue weighted by Gasteiger charge is 2.08. The Morgan fingerprint density at radius 3 is 2.07 bits per heavy atom. The summed E-state index contributed by atoms with van der Waals surface area (Å²) >= 11 is 0. The summed E-state index contributed by atoms with van der Waals surface area (Å²) in [5.41, 5.74) is 4.10. The fraction of sp³-hybridized carbons (Fsp3) is 0.0909. The van der Waals surface area contributed by atoms with E-state index in [1.807, 2.05) is 36.4 Å². The highest BCUT2D eigenvalue weighted by atomic mass is 15.0. The van der Waals surface area contributed by atoms with E-state index in [9.17, 15) is 0 Å². The van der Waals surface area contributed by atoms with Crippen LogP contribution in [0.1, 0.15) is 5.56 Å². The number of rotatable bonds is 6. The highest BCUT2D eigenvalue weighted by molar-refractivity contribution is 5.67. The molecule has 0 radical (unpaired) electrons. The molecule has 0 aliphatic heterocycles. The minimum absolute atomic E-state index is 0.675. The molecule has 0 fully saturated rings. The van der Waals surface area contributed by atoms with Crippen LogP contribution in [0.3, 0.4) is 0 Å². The van der Waals surface area contributed by atoms with E-state index in [4.69, 9.17) is 9.97 Å². The zero-order valence-electron chi connectivity index (χ0n) is 14.8. The maximum atomic E-state index is 4.73. The molecule has 5 heteroatoms. The molecule has 0 saturated heterocycles. The van der Waals surface area contributed by atoms with Crippen molar-refractivity contribution >= 4 is 5.82 Å². The molecule has 0 aliphatic rings. The summed E-state index contributed by atoms with van der Waals surface area (Å²) in [5.74, 6) is 1.48. The maximum absolute atomic E-state index is 4.73. The molecule has 0 unspecified atom stereocenters. The van der Waals surface area contributed by atoms with Crippen molar-refractivity contribution in [3.05, 3.63) is 91.0 Å². The fourth-order valence-corrected chi connectivity index (χ4v) is 2.82. The third-order valence-corrected chi connectivity index (χ3v) is 4.20. The number of hydrogen-bond acceptors (Lipinski definition) is 5. The summed E-state index contributed by atoms with van der Waals surface area (Å²) in [6.45, 7) is 0.798. The standard InChI is InChI=1S/C22H19N5/c1-2-4-17(5-3-1)6-15-25-21-16-20(18-7-11-23-12-8-18)26-22(27-21)19-9-13-24-14-10-19/h1-5,7-14,16H,6,15H2,(H,25,26,27). The molecule has 5 nitrogen and oxygen atoms in total. The minimum atomic E-state index is 0.675. The molecule has 4 rings (SSSR count). The number of anilines is 1. The van der Waals surface area contributed by atoms with Gasteiger partial charge in [0.25, 0.3) is 0 Å². The lowest BCUT2D eigenvalue weighted by molar-refractivity contribution is 1.00. The Bertz CT molecular complexity index is 931. The van der Waals surface area contributed by atoms with Gasteiger partial charge in [-0.2, -0.15) is 0 Å². The average molecular weight is 353 g/mol. The van der Waals surface area contributed by atoms with Gasteiger partial charge in [-0.3, -0.25) is 9.97 Å². The lowest BCUT2D eigenvalue weighted by atomic mass is 10.1. The van der Waals surface area contributed by atoms with E-state index in [0.29, 0.717) is 5.82 Å². The van der Waals surface area contributed by atoms with Crippen LogP contribution in [0.2, 0.25) is 0 Å². The first-order valence-corrected chi connectivity index (χ1v) is 8.86. The third kappa shape index (κ3) is 4.33. The number of nitrogens with one attached hydrogen (secondary N) is 1. The summed E-state index contributed by atoms with van der Waals surface area (Å²) in [4.78, 5) is 17.6. The van der Waals surface area contributed by atoms with Crippen LogP contribution in [0.4, 0.5) is 5.82 Å². The molecule has 0 saturated carbocycles. The number of aromatic nitrogens is 4. The number of nitrogens with zero attached hydrogens (tertiary/aromatic N) is 4. The molecule has 0 aliphatic carbocycles. The SMILES string of the molecule is c1ccc(CCNc2cc(-c3ccncc3)nc(-c3ccncc3)n2)cc1. The molecule has 1 aromatic carbocycles. The van der Waals surface area contributed by atoms with Crippen molar-refractivity contribution in [3.8, 4) is 22.6 Å². The molecule has 0 spiro atoms. The summed E-state index contributed by atoms with van der Waals surface area (Å²) in [6, 6.07) is 20.1. The Kier molecular flexibility index (Phi) is 5.11. The van der Waals surface area contributed by atoms with Crippen molar-refractivity contribution < 1.29 is 0 Å². The van der Waals surface area contributed by atoms with Crippen LogP contribution in [0.25, 0.3) is 22.6 Å². The number of benzene rings is 1. The van der Waals surface area contributed by atoms with Crippen LogP contribution in [0.15, 0.2) is 85.5 Å². The summed E-state index contributed by atoms with van der Waals surface area (Å²) in [7, 11) is 0. The molecular weight excluding hydrogens is 334 g/mol. The summed E-state index contributed by atoms with van der Waals surface area (Å²) in [5, 5.41) is 3.43. The van der Waals surface area contributed by atoms with E-state index < -0.39 is 0 Å². The van der Waals surface area contributed by atoms with Crippen LogP contribution in [-0.2, 0) is 6.42 Å². The first-order valence-electron chi connectivity index (χ1n) is 8.86. The summed E-state index contributed by atoms with van der Waals surface area (Å²) < 4.78 is 0. The van der Waals surface area contributed by atoms with Gasteiger partial charge in [-0.05, 0) is 36.2 Å². The minimum Gasteiger partial charge on any atom is -0.370 e. The Labute approximate surface area is 158 Å². The molecule has 3 aromatic heterocycles. The monoisotopic (exact) mass is 353 g/mol. The van der Waals surface area contributed by atoms with Crippen LogP contribution >= 0.6 is 0 Å². The van der Waals surface area contributed by atoms with E-state index in [-0.39, 0.29) is 0 Å². The molecule has 4 aromatic rings. The fourth-order valence-electron chi connectivity index (χ4n) is 2.82. The van der Waals surface area contributed by atoms with Crippen LogP contribution < -0.4 is 5.32 Å². The number of pyridine rings is 2. The van der Waals surface area contributed by atoms with E-state index in [0.717, 1.165) is 35.6 Å². The second kappa shape index (κ2) is 8.19. The van der Waals surface area contributed by atoms with Gasteiger partial charge in [-0.15, -0.1) is 0 Å². The zero-order valence-corrected chi connectivity index (χ0v) is 14.8. The van der Waals surface area contributed by atoms with Crippen molar-refractivity contribution in [2.75, 3.05) is 11.9 Å². The molecule has 0 amide bonds. The van der Waals surface area contributed by atoms with Crippen LogP contribution in [-0.4, -0.2) is 26.5 Å². The van der Waals surface area contributed by atoms with Crippen molar-refractivity contribution in [2.24, 2.45) is 0 Å². The normalized spacial score (nSPS) is 10.5. The topological polar surface area (TPSA) is 63.6 Å². The van der Waals surface area contributed by atoms with Gasteiger partial charge in [0.15, 0.2) is 5.82 Å². The van der Waals surface area contributed by atoms with Crippen molar-refractivity contribution in [1.82, 2.24) is 19.9 Å². The second-order valence-electron chi connectivity index (χ2n) is 6.10. The van der Waals surface area contributed by atoms with Crippen LogP contribution in [0, 0.1) is 0 Å². The summed E-state index contributed by atoms with van der Waals surface area (Å²) in [6.07, 6.45) is 7.97. The predicted octanol–water partition coefficient (Wildman–Crippen LogP) is 4.26. The molecule has 3 heterocycles. The largest absolute Gasteiger partial charge is 0.370 e. The Balaban J connectivity index is 1.62. The van der Waals surface area contributed by atoms with E-state index >= 15 is 0 Å². The van der Waals surface area contributed by atoms with Crippen molar-refractivity contribution in [1.29, 1.82) is 0 Å². The lowest BCUT2D eigenvalue weighted by Crippen LogP contribution is -2.08. The number of hydrogen-bond donors (Lipinski definition) is 1. The molecular formula is C22H19N5. The molecule has 0 atom stereocenters. The Morgan fingerprint density at radius 2 is 1.37 bits per heavy atom. The van der Waals surface area contributed by atoms with Crippen molar-refractivity contribution in [3.63, 3.8) is 0 Å². The van der Waals surface area contributed by atoms with Gasteiger partial charge >= 0.3 is 0 Å². The zero-order chi connectivity index (χ0) is 18.3. The van der Waals surface area contributed by atoms with E-state index in [1.54, 1.807) is 24.8 Å². The Hall–Kier alpha value is -3.60. The highest BCUT2D eigenvalue weighted by Crippen LogP contribution is 2.23. The third-order valence-electron chi connectivity index (χ3n) is 4.20. The lowest BCUT2D eigenvalue weighted by Gasteiger charge is -2.10. The molecule has 0 bridgehead atoms. The predicted molar refractivity (Wildman–Crippen MR) is 107 cm³/mol. The van der Waals surface area contributed by atoms with Crippen LogP contribution in [0.5, 0.6) is 0 Å². The maximum Gasteiger partial charge on any atom is 0.162 e.